The molecule has 0 aliphatic carbocycles. The molecule has 0 unspecified atom stereocenters. The number of hydrogen-bond acceptors (Lipinski definition) is 4. The number of sulfonamides is 1. The van der Waals surface area contributed by atoms with E-state index in [4.69, 9.17) is 4.74 Å². The minimum Gasteiger partial charge on any atom is -0.495 e. The van der Waals surface area contributed by atoms with Crippen LogP contribution in [0, 0.1) is 12.8 Å². The van der Waals surface area contributed by atoms with E-state index in [2.05, 4.69) is 5.32 Å². The molecule has 0 radical (unpaired) electrons. The molecule has 0 aromatic heterocycles. The molecule has 0 spiro atoms. The summed E-state index contributed by atoms with van der Waals surface area (Å²) in [4.78, 5) is 12.4. The zero-order valence-electron chi connectivity index (χ0n) is 16.1. The molecule has 6 nitrogen and oxygen atoms in total. The first-order valence-corrected chi connectivity index (χ1v) is 10.2. The molecule has 0 aliphatic heterocycles. The van der Waals surface area contributed by atoms with Gasteiger partial charge in [0.1, 0.15) is 17.2 Å². The van der Waals surface area contributed by atoms with Crippen LogP contribution >= 0.6 is 0 Å². The smallest absolute Gasteiger partial charge is 0.268 e. The highest BCUT2D eigenvalue weighted by Gasteiger charge is 2.30. The maximum Gasteiger partial charge on any atom is 0.268 e. The average Bonchev–Trinajstić information content (AvgIpc) is 2.65. The topological polar surface area (TPSA) is 75.7 Å². The summed E-state index contributed by atoms with van der Waals surface area (Å²) in [6.45, 7) is 5.93. The number of methoxy groups -OCH3 is 1. The third-order valence-corrected chi connectivity index (χ3v) is 5.72. The minimum absolute atomic E-state index is 0.0329. The van der Waals surface area contributed by atoms with Gasteiger partial charge in [-0.15, -0.1) is 0 Å². The van der Waals surface area contributed by atoms with Crippen LogP contribution in [0.1, 0.15) is 19.4 Å². The number of aryl methyl sites for hydroxylation is 1. The number of amides is 1. The lowest BCUT2D eigenvalue weighted by atomic mass is 10.2. The highest BCUT2D eigenvalue weighted by Crippen LogP contribution is 2.30. The van der Waals surface area contributed by atoms with E-state index in [9.17, 15) is 13.2 Å². The molecule has 0 saturated heterocycles. The number of nitrogens with one attached hydrogen (secondary N) is 1. The van der Waals surface area contributed by atoms with E-state index in [1.54, 1.807) is 55.5 Å². The van der Waals surface area contributed by atoms with Crippen LogP contribution in [0.25, 0.3) is 0 Å². The molecule has 0 aliphatic rings. The summed E-state index contributed by atoms with van der Waals surface area (Å²) in [6, 6.07) is 13.5. The first-order valence-electron chi connectivity index (χ1n) is 8.75. The molecule has 146 valence electrons. The van der Waals surface area contributed by atoms with Gasteiger partial charge in [-0.25, -0.2) is 8.42 Å². The van der Waals surface area contributed by atoms with E-state index in [1.807, 2.05) is 13.8 Å². The Balaban J connectivity index is 2.46. The molecule has 1 amide bonds. The normalized spacial score (nSPS) is 11.3. The van der Waals surface area contributed by atoms with E-state index in [0.29, 0.717) is 12.2 Å². The van der Waals surface area contributed by atoms with Gasteiger partial charge in [0.25, 0.3) is 10.0 Å². The van der Waals surface area contributed by atoms with Crippen molar-refractivity contribution in [3.05, 3.63) is 54.1 Å². The van der Waals surface area contributed by atoms with E-state index >= 15 is 0 Å². The largest absolute Gasteiger partial charge is 0.495 e. The summed E-state index contributed by atoms with van der Waals surface area (Å²) in [6.07, 6.45) is 0. The van der Waals surface area contributed by atoms with Crippen molar-refractivity contribution in [2.45, 2.75) is 25.7 Å². The quantitative estimate of drug-likeness (QED) is 0.752. The van der Waals surface area contributed by atoms with E-state index < -0.39 is 10.0 Å². The summed E-state index contributed by atoms with van der Waals surface area (Å²) in [5.41, 5.74) is 1.20. The van der Waals surface area contributed by atoms with Gasteiger partial charge in [0.15, 0.2) is 0 Å². The second-order valence-electron chi connectivity index (χ2n) is 6.70. The Labute approximate surface area is 161 Å². The van der Waals surface area contributed by atoms with Crippen LogP contribution in [0.2, 0.25) is 0 Å². The molecule has 0 atom stereocenters. The molecule has 1 N–H and O–H groups in total. The van der Waals surface area contributed by atoms with Crippen molar-refractivity contribution in [2.75, 3.05) is 24.5 Å². The van der Waals surface area contributed by atoms with Gasteiger partial charge in [-0.1, -0.05) is 38.1 Å². The zero-order chi connectivity index (χ0) is 20.0. The monoisotopic (exact) mass is 390 g/mol. The SMILES string of the molecule is COc1ccc(C)cc1S(=O)(=O)N(CC(=O)NCC(C)C)c1ccccc1. The van der Waals surface area contributed by atoms with Gasteiger partial charge in [-0.3, -0.25) is 9.10 Å². The minimum atomic E-state index is -4.01. The average molecular weight is 391 g/mol. The zero-order valence-corrected chi connectivity index (χ0v) is 16.9. The maximum atomic E-state index is 13.4. The Hall–Kier alpha value is -2.54. The second kappa shape index (κ2) is 8.90. The molecule has 2 rings (SSSR count). The predicted octanol–water partition coefficient (Wildman–Crippen LogP) is 2.97. The summed E-state index contributed by atoms with van der Waals surface area (Å²) >= 11 is 0. The number of hydrogen-bond donors (Lipinski definition) is 1. The van der Waals surface area contributed by atoms with E-state index in [1.165, 1.54) is 7.11 Å². The van der Waals surface area contributed by atoms with Gasteiger partial charge in [0.2, 0.25) is 5.91 Å². The molecule has 2 aromatic carbocycles. The van der Waals surface area contributed by atoms with Gasteiger partial charge in [-0.2, -0.15) is 0 Å². The number of ether oxygens (including phenoxy) is 1. The Bertz CT molecular complexity index is 880. The number of anilines is 1. The summed E-state index contributed by atoms with van der Waals surface area (Å²) in [7, 11) is -2.58. The van der Waals surface area contributed by atoms with Gasteiger partial charge >= 0.3 is 0 Å². The predicted molar refractivity (Wildman–Crippen MR) is 107 cm³/mol. The van der Waals surface area contributed by atoms with Crippen molar-refractivity contribution >= 4 is 21.6 Å². The molecule has 27 heavy (non-hydrogen) atoms. The highest BCUT2D eigenvalue weighted by atomic mass is 32.2. The van der Waals surface area contributed by atoms with Crippen LogP contribution in [0.4, 0.5) is 5.69 Å². The van der Waals surface area contributed by atoms with Crippen molar-refractivity contribution in [1.82, 2.24) is 5.32 Å². The standard InChI is InChI=1S/C20H26N2O4S/c1-15(2)13-21-20(23)14-22(17-8-6-5-7-9-17)27(24,25)19-12-16(3)10-11-18(19)26-4/h5-12,15H,13-14H2,1-4H3,(H,21,23). The highest BCUT2D eigenvalue weighted by molar-refractivity contribution is 7.93. The van der Waals surface area contributed by atoms with Gasteiger partial charge in [-0.05, 0) is 42.7 Å². The molecule has 0 saturated carbocycles. The van der Waals surface area contributed by atoms with Crippen LogP contribution in [-0.2, 0) is 14.8 Å². The molecular formula is C20H26N2O4S. The lowest BCUT2D eigenvalue weighted by molar-refractivity contribution is -0.119. The molecule has 0 fully saturated rings. The van der Waals surface area contributed by atoms with Gasteiger partial charge in [0.05, 0.1) is 12.8 Å². The molecule has 0 bridgehead atoms. The van der Waals surface area contributed by atoms with Crippen molar-refractivity contribution in [3.63, 3.8) is 0 Å². The summed E-state index contributed by atoms with van der Waals surface area (Å²) < 4.78 is 33.2. The van der Waals surface area contributed by atoms with Crippen LogP contribution < -0.4 is 14.4 Å². The number of para-hydroxylation sites is 1. The Morgan fingerprint density at radius 1 is 1.15 bits per heavy atom. The fourth-order valence-corrected chi connectivity index (χ4v) is 4.18. The maximum absolute atomic E-state index is 13.4. The molecule has 2 aromatic rings. The Morgan fingerprint density at radius 2 is 1.81 bits per heavy atom. The van der Waals surface area contributed by atoms with Crippen molar-refractivity contribution in [1.29, 1.82) is 0 Å². The van der Waals surface area contributed by atoms with E-state index in [-0.39, 0.29) is 29.0 Å². The second-order valence-corrected chi connectivity index (χ2v) is 8.53. The van der Waals surface area contributed by atoms with Gasteiger partial charge in [0, 0.05) is 6.54 Å². The van der Waals surface area contributed by atoms with Crippen LogP contribution in [-0.4, -0.2) is 34.5 Å². The van der Waals surface area contributed by atoms with Gasteiger partial charge < -0.3 is 10.1 Å². The van der Waals surface area contributed by atoms with Crippen molar-refractivity contribution < 1.29 is 17.9 Å². The number of carbonyl (C=O) groups excluding carboxylic acids is 1. The van der Waals surface area contributed by atoms with Crippen molar-refractivity contribution in [3.8, 4) is 5.75 Å². The first-order chi connectivity index (χ1) is 12.8. The summed E-state index contributed by atoms with van der Waals surface area (Å²) in [5, 5.41) is 2.77. The lowest BCUT2D eigenvalue weighted by Crippen LogP contribution is -2.41. The van der Waals surface area contributed by atoms with Crippen LogP contribution in [0.3, 0.4) is 0 Å². The Kier molecular flexibility index (Phi) is 6.85. The third-order valence-electron chi connectivity index (χ3n) is 3.93. The number of rotatable bonds is 8. The fourth-order valence-electron chi connectivity index (χ4n) is 2.52. The lowest BCUT2D eigenvalue weighted by Gasteiger charge is -2.25. The van der Waals surface area contributed by atoms with Crippen LogP contribution in [0.15, 0.2) is 53.4 Å². The first kappa shape index (κ1) is 20.8. The number of carbonyl (C=O) groups is 1. The molecular weight excluding hydrogens is 364 g/mol. The van der Waals surface area contributed by atoms with E-state index in [0.717, 1.165) is 9.87 Å². The summed E-state index contributed by atoms with van der Waals surface area (Å²) in [5.74, 6) is 0.152. The van der Waals surface area contributed by atoms with Crippen molar-refractivity contribution in [2.24, 2.45) is 5.92 Å². The molecule has 0 heterocycles. The Morgan fingerprint density at radius 3 is 2.41 bits per heavy atom. The van der Waals surface area contributed by atoms with Crippen LogP contribution in [0.5, 0.6) is 5.75 Å². The number of benzene rings is 2. The number of nitrogens with zero attached hydrogens (tertiary/aromatic N) is 1. The third kappa shape index (κ3) is 5.23. The fraction of sp³-hybridized carbons (Fsp3) is 0.350. The molecule has 7 heteroatoms.